The van der Waals surface area contributed by atoms with Gasteiger partial charge in [0.25, 0.3) is 0 Å². The monoisotopic (exact) mass is 241 g/mol. The molecule has 0 spiro atoms. The first-order chi connectivity index (χ1) is 8.09. The second-order valence-corrected chi connectivity index (χ2v) is 4.78. The largest absolute Gasteiger partial charge is 0.387 e. The Bertz CT molecular complexity index is 377. The number of nitrogens with one attached hydrogen (secondary N) is 1. The van der Waals surface area contributed by atoms with E-state index in [0.717, 1.165) is 24.6 Å². The molecule has 0 bridgehead atoms. The van der Waals surface area contributed by atoms with E-state index in [4.69, 9.17) is 0 Å². The minimum atomic E-state index is -1.13. The van der Waals surface area contributed by atoms with E-state index in [-0.39, 0.29) is 12.1 Å². The lowest BCUT2D eigenvalue weighted by molar-refractivity contribution is 0.164. The van der Waals surface area contributed by atoms with E-state index in [1.54, 1.807) is 0 Å². The van der Waals surface area contributed by atoms with E-state index in [2.05, 4.69) is 12.2 Å². The number of hydrogen-bond acceptors (Lipinski definition) is 2. The van der Waals surface area contributed by atoms with Crippen molar-refractivity contribution in [3.8, 4) is 0 Å². The maximum atomic E-state index is 13.3. The average Bonchev–Trinajstić information content (AvgIpc) is 2.94. The van der Waals surface area contributed by atoms with Crippen LogP contribution in [0, 0.1) is 23.5 Å². The van der Waals surface area contributed by atoms with Crippen molar-refractivity contribution in [3.63, 3.8) is 0 Å². The van der Waals surface area contributed by atoms with E-state index >= 15 is 0 Å². The molecule has 0 heterocycles. The van der Waals surface area contributed by atoms with Crippen LogP contribution in [0.3, 0.4) is 0 Å². The highest BCUT2D eigenvalue weighted by Gasteiger charge is 2.31. The normalized spacial score (nSPS) is 24.7. The molecule has 2 nitrogen and oxygen atoms in total. The van der Waals surface area contributed by atoms with Crippen molar-refractivity contribution >= 4 is 0 Å². The molecule has 1 fully saturated rings. The first-order valence-electron chi connectivity index (χ1n) is 5.92. The van der Waals surface area contributed by atoms with Gasteiger partial charge in [0, 0.05) is 6.54 Å². The molecule has 1 saturated carbocycles. The Hall–Kier alpha value is -1.00. The number of hydrogen-bond donors (Lipinski definition) is 2. The zero-order valence-corrected chi connectivity index (χ0v) is 9.79. The third-order valence-electron chi connectivity index (χ3n) is 3.35. The number of rotatable bonds is 5. The van der Waals surface area contributed by atoms with Gasteiger partial charge in [-0.25, -0.2) is 8.78 Å². The summed E-state index contributed by atoms with van der Waals surface area (Å²) in [5.74, 6) is -0.0179. The van der Waals surface area contributed by atoms with Crippen molar-refractivity contribution < 1.29 is 13.9 Å². The molecule has 4 heteroatoms. The molecule has 17 heavy (non-hydrogen) atoms. The SMILES string of the molecule is CC1CC1CNCC(O)c1c(F)cccc1F. The lowest BCUT2D eigenvalue weighted by Gasteiger charge is -2.13. The van der Waals surface area contributed by atoms with Crippen molar-refractivity contribution in [2.24, 2.45) is 11.8 Å². The number of halogens is 2. The van der Waals surface area contributed by atoms with Crippen LogP contribution in [0.25, 0.3) is 0 Å². The number of benzene rings is 1. The van der Waals surface area contributed by atoms with Gasteiger partial charge in [0.2, 0.25) is 0 Å². The Morgan fingerprint density at radius 1 is 1.41 bits per heavy atom. The van der Waals surface area contributed by atoms with Crippen LogP contribution >= 0.6 is 0 Å². The Balaban J connectivity index is 1.88. The molecular formula is C13H17F2NO. The summed E-state index contributed by atoms with van der Waals surface area (Å²) < 4.78 is 26.7. The lowest BCUT2D eigenvalue weighted by atomic mass is 10.1. The Kier molecular flexibility index (Phi) is 3.74. The fraction of sp³-hybridized carbons (Fsp3) is 0.538. The van der Waals surface area contributed by atoms with Gasteiger partial charge in [0.15, 0.2) is 0 Å². The fourth-order valence-corrected chi connectivity index (χ4v) is 2.02. The summed E-state index contributed by atoms with van der Waals surface area (Å²) in [6.45, 7) is 3.15. The summed E-state index contributed by atoms with van der Waals surface area (Å²) in [5.41, 5.74) is -0.246. The van der Waals surface area contributed by atoms with E-state index in [9.17, 15) is 13.9 Å². The number of aliphatic hydroxyl groups excluding tert-OH is 1. The van der Waals surface area contributed by atoms with Gasteiger partial charge < -0.3 is 10.4 Å². The van der Waals surface area contributed by atoms with Crippen LogP contribution in [0.2, 0.25) is 0 Å². The van der Waals surface area contributed by atoms with Crippen LogP contribution in [-0.4, -0.2) is 18.2 Å². The molecule has 0 amide bonds. The van der Waals surface area contributed by atoms with Gasteiger partial charge >= 0.3 is 0 Å². The molecule has 1 aromatic rings. The van der Waals surface area contributed by atoms with Crippen molar-refractivity contribution in [2.75, 3.05) is 13.1 Å². The smallest absolute Gasteiger partial charge is 0.131 e. The Morgan fingerprint density at radius 2 is 2.00 bits per heavy atom. The van der Waals surface area contributed by atoms with Crippen molar-refractivity contribution in [1.29, 1.82) is 0 Å². The molecule has 94 valence electrons. The topological polar surface area (TPSA) is 32.3 Å². The third kappa shape index (κ3) is 3.01. The predicted molar refractivity (Wildman–Crippen MR) is 61.5 cm³/mol. The minimum absolute atomic E-state index is 0.182. The van der Waals surface area contributed by atoms with Crippen LogP contribution in [0.1, 0.15) is 25.0 Å². The fourth-order valence-electron chi connectivity index (χ4n) is 2.02. The van der Waals surface area contributed by atoms with E-state index in [1.165, 1.54) is 12.5 Å². The minimum Gasteiger partial charge on any atom is -0.387 e. The molecule has 2 rings (SSSR count). The molecule has 0 aromatic heterocycles. The van der Waals surface area contributed by atoms with E-state index < -0.39 is 17.7 Å². The zero-order chi connectivity index (χ0) is 12.4. The maximum Gasteiger partial charge on any atom is 0.131 e. The van der Waals surface area contributed by atoms with Gasteiger partial charge in [0.05, 0.1) is 11.7 Å². The first-order valence-corrected chi connectivity index (χ1v) is 5.92. The van der Waals surface area contributed by atoms with Crippen LogP contribution in [0.4, 0.5) is 8.78 Å². The summed E-state index contributed by atoms with van der Waals surface area (Å²) >= 11 is 0. The van der Waals surface area contributed by atoms with Gasteiger partial charge in [-0.05, 0) is 36.9 Å². The standard InChI is InChI=1S/C13H17F2NO/c1-8-5-9(8)6-16-7-12(17)13-10(14)3-2-4-11(13)15/h2-4,8-9,12,16-17H,5-7H2,1H3. The van der Waals surface area contributed by atoms with Crippen LogP contribution in [0.5, 0.6) is 0 Å². The third-order valence-corrected chi connectivity index (χ3v) is 3.35. The second kappa shape index (κ2) is 5.10. The second-order valence-electron chi connectivity index (χ2n) is 4.78. The predicted octanol–water partition coefficient (Wildman–Crippen LogP) is 2.24. The quantitative estimate of drug-likeness (QED) is 0.828. The molecule has 0 aliphatic heterocycles. The summed E-state index contributed by atoms with van der Waals surface area (Å²) in [6.07, 6.45) is 0.0576. The summed E-state index contributed by atoms with van der Waals surface area (Å²) in [5, 5.41) is 12.8. The molecule has 0 saturated heterocycles. The molecule has 0 radical (unpaired) electrons. The van der Waals surface area contributed by atoms with Gasteiger partial charge in [0.1, 0.15) is 11.6 Å². The van der Waals surface area contributed by atoms with Crippen molar-refractivity contribution in [1.82, 2.24) is 5.32 Å². The number of aliphatic hydroxyl groups is 1. The molecule has 1 aromatic carbocycles. The molecule has 3 atom stereocenters. The van der Waals surface area contributed by atoms with Crippen molar-refractivity contribution in [3.05, 3.63) is 35.4 Å². The van der Waals surface area contributed by atoms with E-state index in [1.807, 2.05) is 0 Å². The van der Waals surface area contributed by atoms with Gasteiger partial charge in [-0.3, -0.25) is 0 Å². The highest BCUT2D eigenvalue weighted by molar-refractivity contribution is 5.22. The average molecular weight is 241 g/mol. The zero-order valence-electron chi connectivity index (χ0n) is 9.79. The van der Waals surface area contributed by atoms with E-state index in [0.29, 0.717) is 5.92 Å². The van der Waals surface area contributed by atoms with Gasteiger partial charge in [-0.2, -0.15) is 0 Å². The van der Waals surface area contributed by atoms with Gasteiger partial charge in [-0.1, -0.05) is 13.0 Å². The lowest BCUT2D eigenvalue weighted by Crippen LogP contribution is -2.25. The molecule has 1 aliphatic rings. The van der Waals surface area contributed by atoms with Crippen LogP contribution < -0.4 is 5.32 Å². The molecule has 1 aliphatic carbocycles. The highest BCUT2D eigenvalue weighted by Crippen LogP contribution is 2.36. The Morgan fingerprint density at radius 3 is 2.53 bits per heavy atom. The summed E-state index contributed by atoms with van der Waals surface area (Å²) in [4.78, 5) is 0. The Labute approximate surface area is 99.7 Å². The van der Waals surface area contributed by atoms with Gasteiger partial charge in [-0.15, -0.1) is 0 Å². The van der Waals surface area contributed by atoms with Crippen LogP contribution in [-0.2, 0) is 0 Å². The van der Waals surface area contributed by atoms with Crippen molar-refractivity contribution in [2.45, 2.75) is 19.4 Å². The van der Waals surface area contributed by atoms with Crippen LogP contribution in [0.15, 0.2) is 18.2 Å². The summed E-state index contributed by atoms with van der Waals surface area (Å²) in [7, 11) is 0. The molecular weight excluding hydrogens is 224 g/mol. The maximum absolute atomic E-state index is 13.3. The highest BCUT2D eigenvalue weighted by atomic mass is 19.1. The summed E-state index contributed by atoms with van der Waals surface area (Å²) in [6, 6.07) is 3.61. The molecule has 3 unspecified atom stereocenters. The first kappa shape index (κ1) is 12.5. The molecule has 2 N–H and O–H groups in total.